The molecule has 9 nitrogen and oxygen atoms in total. The zero-order chi connectivity index (χ0) is 27.0. The normalized spacial score (nSPS) is 22.8. The Morgan fingerprint density at radius 2 is 1.53 bits per heavy atom. The smallest absolute Gasteiger partial charge is 0.340 e. The maximum atomic E-state index is 13.4. The Hall–Kier alpha value is -3.82. The number of carbonyl (C=O) groups excluding carboxylic acids is 2. The average molecular weight is 533 g/mol. The van der Waals surface area contributed by atoms with Crippen molar-refractivity contribution in [2.75, 3.05) is 20.6 Å². The van der Waals surface area contributed by atoms with Crippen molar-refractivity contribution in [1.29, 1.82) is 0 Å². The highest BCUT2D eigenvalue weighted by atomic mass is 32.2. The number of likely N-dealkylation sites (N-methyl/N-ethyl adjacent to an activating group) is 1. The van der Waals surface area contributed by atoms with Gasteiger partial charge in [-0.2, -0.15) is 0 Å². The Kier molecular flexibility index (Phi) is 9.04. The molecule has 4 unspecified atom stereocenters. The second-order valence-electron chi connectivity index (χ2n) is 8.84. The lowest BCUT2D eigenvalue weighted by Crippen LogP contribution is -2.67. The number of carbonyl (C=O) groups is 2. The SMILES string of the molecule is CN(C)C1(OC(=O)c2ccccc2)CC(Sc2ccccc2)OC(CN=[N+]=[N-])C1OC(=O)c1ccccc1. The van der Waals surface area contributed by atoms with Gasteiger partial charge in [0.25, 0.3) is 0 Å². The van der Waals surface area contributed by atoms with E-state index in [1.165, 1.54) is 11.8 Å². The van der Waals surface area contributed by atoms with Crippen LogP contribution in [0.3, 0.4) is 0 Å². The van der Waals surface area contributed by atoms with Gasteiger partial charge in [0.2, 0.25) is 5.72 Å². The van der Waals surface area contributed by atoms with Crippen LogP contribution in [0.5, 0.6) is 0 Å². The zero-order valence-corrected chi connectivity index (χ0v) is 21.9. The van der Waals surface area contributed by atoms with Gasteiger partial charge >= 0.3 is 11.9 Å². The van der Waals surface area contributed by atoms with Gasteiger partial charge in [0.1, 0.15) is 11.5 Å². The van der Waals surface area contributed by atoms with Gasteiger partial charge in [-0.3, -0.25) is 4.90 Å². The maximum absolute atomic E-state index is 13.4. The molecule has 0 spiro atoms. The van der Waals surface area contributed by atoms with E-state index in [4.69, 9.17) is 19.7 Å². The molecule has 1 saturated heterocycles. The molecule has 0 amide bonds. The quantitative estimate of drug-likeness (QED) is 0.117. The van der Waals surface area contributed by atoms with Crippen molar-refractivity contribution in [3.8, 4) is 0 Å². The van der Waals surface area contributed by atoms with Crippen molar-refractivity contribution in [3.05, 3.63) is 113 Å². The van der Waals surface area contributed by atoms with Crippen LogP contribution in [0.4, 0.5) is 0 Å². The lowest BCUT2D eigenvalue weighted by Gasteiger charge is -2.51. The van der Waals surface area contributed by atoms with Crippen LogP contribution >= 0.6 is 11.8 Å². The molecule has 0 aromatic heterocycles. The molecule has 4 atom stereocenters. The van der Waals surface area contributed by atoms with Crippen molar-refractivity contribution in [2.45, 2.75) is 34.7 Å². The highest BCUT2D eigenvalue weighted by molar-refractivity contribution is 7.99. The molecule has 0 N–H and O–H groups in total. The second kappa shape index (κ2) is 12.6. The van der Waals surface area contributed by atoms with Gasteiger partial charge in [-0.1, -0.05) is 71.5 Å². The first kappa shape index (κ1) is 27.2. The fourth-order valence-electron chi connectivity index (χ4n) is 4.28. The summed E-state index contributed by atoms with van der Waals surface area (Å²) in [6, 6.07) is 26.8. The summed E-state index contributed by atoms with van der Waals surface area (Å²) in [6.07, 6.45) is -1.81. The molecule has 3 aromatic carbocycles. The van der Waals surface area contributed by atoms with Crippen LogP contribution in [0.2, 0.25) is 0 Å². The number of ether oxygens (including phenoxy) is 3. The molecule has 0 bridgehead atoms. The van der Waals surface area contributed by atoms with E-state index in [2.05, 4.69) is 10.0 Å². The Morgan fingerprint density at radius 1 is 0.974 bits per heavy atom. The Labute approximate surface area is 225 Å². The van der Waals surface area contributed by atoms with E-state index in [0.29, 0.717) is 11.1 Å². The largest absolute Gasteiger partial charge is 0.450 e. The topological polar surface area (TPSA) is 114 Å². The van der Waals surface area contributed by atoms with Gasteiger partial charge in [-0.25, -0.2) is 9.59 Å². The summed E-state index contributed by atoms with van der Waals surface area (Å²) in [7, 11) is 3.50. The van der Waals surface area contributed by atoms with E-state index in [0.717, 1.165) is 4.90 Å². The summed E-state index contributed by atoms with van der Waals surface area (Å²) in [5.41, 5.74) is 7.82. The second-order valence-corrected chi connectivity index (χ2v) is 10.1. The molecule has 1 heterocycles. The van der Waals surface area contributed by atoms with Crippen molar-refractivity contribution in [1.82, 2.24) is 4.90 Å². The number of rotatable bonds is 9. The highest BCUT2D eigenvalue weighted by Gasteiger charge is 2.57. The third kappa shape index (κ3) is 6.35. The molecular formula is C28H28N4O5S. The molecule has 1 fully saturated rings. The van der Waals surface area contributed by atoms with E-state index in [-0.39, 0.29) is 13.0 Å². The first-order valence-corrected chi connectivity index (χ1v) is 12.9. The van der Waals surface area contributed by atoms with E-state index in [1.54, 1.807) is 79.7 Å². The molecule has 0 aliphatic carbocycles. The number of hydrogen-bond donors (Lipinski definition) is 0. The van der Waals surface area contributed by atoms with Crippen molar-refractivity contribution >= 4 is 23.7 Å². The van der Waals surface area contributed by atoms with E-state index in [1.807, 2.05) is 30.3 Å². The number of hydrogen-bond acceptors (Lipinski definition) is 8. The third-order valence-electron chi connectivity index (χ3n) is 6.18. The number of esters is 2. The number of azide groups is 1. The van der Waals surface area contributed by atoms with Crippen LogP contribution in [0.25, 0.3) is 10.4 Å². The first-order valence-electron chi connectivity index (χ1n) is 12.0. The van der Waals surface area contributed by atoms with Gasteiger partial charge in [0.05, 0.1) is 17.7 Å². The van der Waals surface area contributed by atoms with Gasteiger partial charge in [0.15, 0.2) is 6.10 Å². The van der Waals surface area contributed by atoms with Gasteiger partial charge in [-0.05, 0) is 56.0 Å². The van der Waals surface area contributed by atoms with Gasteiger partial charge in [0, 0.05) is 16.2 Å². The lowest BCUT2D eigenvalue weighted by atomic mass is 9.92. The van der Waals surface area contributed by atoms with Crippen LogP contribution in [-0.2, 0) is 14.2 Å². The third-order valence-corrected chi connectivity index (χ3v) is 7.27. The van der Waals surface area contributed by atoms with E-state index >= 15 is 0 Å². The molecule has 3 aromatic rings. The minimum absolute atomic E-state index is 0.131. The summed E-state index contributed by atoms with van der Waals surface area (Å²) in [5, 5.41) is 3.73. The molecule has 38 heavy (non-hydrogen) atoms. The van der Waals surface area contributed by atoms with Crippen molar-refractivity contribution in [2.24, 2.45) is 5.11 Å². The van der Waals surface area contributed by atoms with Crippen LogP contribution in [0, 0.1) is 0 Å². The van der Waals surface area contributed by atoms with Gasteiger partial charge < -0.3 is 14.2 Å². The predicted molar refractivity (Wildman–Crippen MR) is 144 cm³/mol. The number of benzene rings is 3. The van der Waals surface area contributed by atoms with Crippen LogP contribution in [0.1, 0.15) is 27.1 Å². The molecule has 1 aliphatic rings. The molecule has 10 heteroatoms. The lowest BCUT2D eigenvalue weighted by molar-refractivity contribution is -0.244. The number of thioether (sulfide) groups is 1. The fourth-order valence-corrected chi connectivity index (χ4v) is 5.42. The standard InChI is InChI=1S/C28H28N4O5S/c1-32(2)28(37-27(34)21-14-8-4-9-15-21)18-24(38-22-16-10-5-11-17-22)35-23(19-30-31-29)25(28)36-26(33)20-12-6-3-7-13-20/h3-17,23-25H,18-19H2,1-2H3. The summed E-state index contributed by atoms with van der Waals surface area (Å²) >= 11 is 1.45. The maximum Gasteiger partial charge on any atom is 0.340 e. The zero-order valence-electron chi connectivity index (χ0n) is 21.0. The van der Waals surface area contributed by atoms with Gasteiger partial charge in [-0.15, -0.1) is 0 Å². The summed E-state index contributed by atoms with van der Waals surface area (Å²) < 4.78 is 18.6. The Morgan fingerprint density at radius 3 is 2.08 bits per heavy atom. The van der Waals surface area contributed by atoms with Crippen LogP contribution in [-0.4, -0.2) is 60.8 Å². The monoisotopic (exact) mass is 532 g/mol. The highest BCUT2D eigenvalue weighted by Crippen LogP contribution is 2.43. The van der Waals surface area contributed by atoms with E-state index in [9.17, 15) is 9.59 Å². The van der Waals surface area contributed by atoms with Crippen LogP contribution < -0.4 is 0 Å². The Bertz CT molecular complexity index is 1270. The molecule has 0 radical (unpaired) electrons. The summed E-state index contributed by atoms with van der Waals surface area (Å²) in [4.78, 5) is 32.2. The average Bonchev–Trinajstić information content (AvgIpc) is 2.94. The minimum Gasteiger partial charge on any atom is -0.450 e. The fraction of sp³-hybridized carbons (Fsp3) is 0.286. The van der Waals surface area contributed by atoms with Crippen molar-refractivity contribution < 1.29 is 23.8 Å². The van der Waals surface area contributed by atoms with Crippen molar-refractivity contribution in [3.63, 3.8) is 0 Å². The summed E-state index contributed by atoms with van der Waals surface area (Å²) in [5.74, 6) is -1.19. The van der Waals surface area contributed by atoms with Crippen LogP contribution in [0.15, 0.2) is 101 Å². The number of nitrogens with zero attached hydrogens (tertiary/aromatic N) is 4. The van der Waals surface area contributed by atoms with E-state index < -0.39 is 35.3 Å². The molecule has 4 rings (SSSR count). The summed E-state index contributed by atoms with van der Waals surface area (Å²) in [6.45, 7) is -0.131. The first-order chi connectivity index (χ1) is 18.4. The predicted octanol–water partition coefficient (Wildman–Crippen LogP) is 5.54. The molecular weight excluding hydrogens is 504 g/mol. The molecule has 0 saturated carbocycles. The molecule has 1 aliphatic heterocycles. The molecule has 196 valence electrons. The Balaban J connectivity index is 1.75. The minimum atomic E-state index is -1.43.